The highest BCUT2D eigenvalue weighted by Crippen LogP contribution is 2.46. The van der Waals surface area contributed by atoms with Gasteiger partial charge in [0.25, 0.3) is 0 Å². The first kappa shape index (κ1) is 18.6. The summed E-state index contributed by atoms with van der Waals surface area (Å²) in [5.74, 6) is 3.74. The number of benzene rings is 4. The Morgan fingerprint density at radius 2 is 1.39 bits per heavy atom. The van der Waals surface area contributed by atoms with Crippen LogP contribution in [0.1, 0.15) is 5.56 Å². The summed E-state index contributed by atoms with van der Waals surface area (Å²) in [5, 5.41) is 2.21. The van der Waals surface area contributed by atoms with Crippen molar-refractivity contribution in [2.75, 3.05) is 13.6 Å². The van der Waals surface area contributed by atoms with Gasteiger partial charge in [0.2, 0.25) is 13.6 Å². The Bertz CT molecular complexity index is 1300. The molecule has 6 rings (SSSR count). The van der Waals surface area contributed by atoms with Crippen molar-refractivity contribution in [1.29, 1.82) is 0 Å². The predicted molar refractivity (Wildman–Crippen MR) is 125 cm³/mol. The van der Waals surface area contributed by atoms with Gasteiger partial charge in [-0.3, -0.25) is 0 Å². The molecule has 0 N–H and O–H groups in total. The molecule has 31 heavy (non-hydrogen) atoms. The monoisotopic (exact) mass is 524 g/mol. The largest absolute Gasteiger partial charge is 0.488 e. The van der Waals surface area contributed by atoms with Crippen LogP contribution in [0.5, 0.6) is 28.7 Å². The Balaban J connectivity index is 1.46. The minimum Gasteiger partial charge on any atom is -0.488 e. The number of hydrogen-bond acceptors (Lipinski definition) is 5. The van der Waals surface area contributed by atoms with Crippen molar-refractivity contribution < 1.29 is 23.7 Å². The van der Waals surface area contributed by atoms with Crippen LogP contribution in [0, 0.1) is 3.57 Å². The van der Waals surface area contributed by atoms with Crippen molar-refractivity contribution >= 4 is 33.4 Å². The van der Waals surface area contributed by atoms with E-state index in [0.717, 1.165) is 54.0 Å². The van der Waals surface area contributed by atoms with E-state index in [4.69, 9.17) is 23.7 Å². The molecule has 154 valence electrons. The van der Waals surface area contributed by atoms with Gasteiger partial charge in [0, 0.05) is 15.2 Å². The molecule has 0 saturated carbocycles. The topological polar surface area (TPSA) is 46.2 Å². The molecule has 0 fully saturated rings. The van der Waals surface area contributed by atoms with E-state index in [2.05, 4.69) is 46.9 Å². The molecule has 0 saturated heterocycles. The average molecular weight is 524 g/mol. The molecule has 0 bridgehead atoms. The van der Waals surface area contributed by atoms with Gasteiger partial charge >= 0.3 is 0 Å². The summed E-state index contributed by atoms with van der Waals surface area (Å²) >= 11 is 2.39. The fraction of sp³-hybridized carbons (Fsp3) is 0.120. The fourth-order valence-electron chi connectivity index (χ4n) is 3.87. The zero-order valence-corrected chi connectivity index (χ0v) is 18.5. The average Bonchev–Trinajstić information content (AvgIpc) is 3.45. The van der Waals surface area contributed by atoms with Crippen LogP contribution < -0.4 is 23.7 Å². The quantitative estimate of drug-likeness (QED) is 0.300. The van der Waals surface area contributed by atoms with E-state index in [0.29, 0.717) is 12.4 Å². The molecule has 0 atom stereocenters. The Morgan fingerprint density at radius 1 is 0.710 bits per heavy atom. The summed E-state index contributed by atoms with van der Waals surface area (Å²) < 4.78 is 29.7. The van der Waals surface area contributed by atoms with Gasteiger partial charge in [0.1, 0.15) is 12.4 Å². The first-order valence-corrected chi connectivity index (χ1v) is 11.0. The molecule has 0 amide bonds. The van der Waals surface area contributed by atoms with Crippen molar-refractivity contribution in [2.45, 2.75) is 6.61 Å². The van der Waals surface area contributed by atoms with Crippen LogP contribution >= 0.6 is 22.6 Å². The van der Waals surface area contributed by atoms with E-state index in [-0.39, 0.29) is 13.6 Å². The zero-order chi connectivity index (χ0) is 20.8. The van der Waals surface area contributed by atoms with E-state index in [1.807, 2.05) is 42.5 Å². The molecule has 0 unspecified atom stereocenters. The highest BCUT2D eigenvalue weighted by molar-refractivity contribution is 14.1. The maximum Gasteiger partial charge on any atom is 0.231 e. The minimum atomic E-state index is 0.217. The van der Waals surface area contributed by atoms with E-state index in [1.165, 1.54) is 0 Å². The van der Waals surface area contributed by atoms with Crippen molar-refractivity contribution in [2.24, 2.45) is 0 Å². The predicted octanol–water partition coefficient (Wildman–Crippen LogP) is 6.15. The first-order chi connectivity index (χ1) is 15.3. The van der Waals surface area contributed by atoms with Gasteiger partial charge in [0.15, 0.2) is 23.0 Å². The number of rotatable bonds is 4. The van der Waals surface area contributed by atoms with Gasteiger partial charge in [-0.05, 0) is 62.7 Å². The molecule has 0 spiro atoms. The SMILES string of the molecule is Ic1c(-c2cc3c(cc2OCc2ccccc2)OCO3)ccc2cc3c(cc12)OCO3. The second kappa shape index (κ2) is 7.53. The van der Waals surface area contributed by atoms with Crippen LogP contribution in [0.15, 0.2) is 66.7 Å². The zero-order valence-electron chi connectivity index (χ0n) is 16.4. The third-order valence-corrected chi connectivity index (χ3v) is 6.61. The molecule has 5 nitrogen and oxygen atoms in total. The third kappa shape index (κ3) is 3.31. The molecule has 0 aliphatic carbocycles. The van der Waals surface area contributed by atoms with Crippen LogP contribution in [-0.4, -0.2) is 13.6 Å². The molecule has 2 aliphatic heterocycles. The van der Waals surface area contributed by atoms with Crippen LogP contribution in [0.3, 0.4) is 0 Å². The Labute approximate surface area is 192 Å². The number of fused-ring (bicyclic) bond motifs is 3. The summed E-state index contributed by atoms with van der Waals surface area (Å²) in [6, 6.07) is 22.3. The van der Waals surface area contributed by atoms with Crippen LogP contribution in [0.2, 0.25) is 0 Å². The lowest BCUT2D eigenvalue weighted by atomic mass is 9.99. The van der Waals surface area contributed by atoms with Gasteiger partial charge in [-0.1, -0.05) is 42.5 Å². The highest BCUT2D eigenvalue weighted by Gasteiger charge is 2.22. The summed E-state index contributed by atoms with van der Waals surface area (Å²) in [4.78, 5) is 0. The number of ether oxygens (including phenoxy) is 5. The fourth-order valence-corrected chi connectivity index (χ4v) is 4.81. The lowest BCUT2D eigenvalue weighted by Crippen LogP contribution is -1.98. The van der Waals surface area contributed by atoms with E-state index < -0.39 is 0 Å². The van der Waals surface area contributed by atoms with E-state index >= 15 is 0 Å². The molecule has 0 aromatic heterocycles. The van der Waals surface area contributed by atoms with Gasteiger partial charge in [-0.25, -0.2) is 0 Å². The molecule has 2 aliphatic rings. The highest BCUT2D eigenvalue weighted by atomic mass is 127. The maximum atomic E-state index is 6.26. The minimum absolute atomic E-state index is 0.217. The lowest BCUT2D eigenvalue weighted by molar-refractivity contribution is 0.173. The molecule has 4 aromatic carbocycles. The van der Waals surface area contributed by atoms with Crippen molar-refractivity contribution in [1.82, 2.24) is 0 Å². The summed E-state index contributed by atoms with van der Waals surface area (Å²) in [6.45, 7) is 0.945. The van der Waals surface area contributed by atoms with Gasteiger partial charge in [0.05, 0.1) is 0 Å². The van der Waals surface area contributed by atoms with Crippen LogP contribution in [-0.2, 0) is 6.61 Å². The second-order valence-electron chi connectivity index (χ2n) is 7.33. The third-order valence-electron chi connectivity index (χ3n) is 5.45. The Hall–Kier alpha value is -3.13. The van der Waals surface area contributed by atoms with E-state index in [9.17, 15) is 0 Å². The summed E-state index contributed by atoms with van der Waals surface area (Å²) in [6.07, 6.45) is 0. The summed E-state index contributed by atoms with van der Waals surface area (Å²) in [7, 11) is 0. The Kier molecular flexibility index (Phi) is 4.52. The van der Waals surface area contributed by atoms with Gasteiger partial charge in [-0.15, -0.1) is 0 Å². The molecule has 6 heteroatoms. The van der Waals surface area contributed by atoms with E-state index in [1.54, 1.807) is 0 Å². The maximum absolute atomic E-state index is 6.26. The molecule has 2 heterocycles. The lowest BCUT2D eigenvalue weighted by Gasteiger charge is -2.15. The molecule has 0 radical (unpaired) electrons. The van der Waals surface area contributed by atoms with Gasteiger partial charge < -0.3 is 23.7 Å². The van der Waals surface area contributed by atoms with Crippen molar-refractivity contribution in [3.05, 3.63) is 75.9 Å². The normalized spacial score (nSPS) is 13.6. The number of halogens is 1. The smallest absolute Gasteiger partial charge is 0.231 e. The van der Waals surface area contributed by atoms with Crippen LogP contribution in [0.25, 0.3) is 21.9 Å². The molecular formula is C25H17IO5. The standard InChI is InChI=1S/C25H17IO5/c26-25-17(7-6-16-8-21-22(9-18(16)25)29-13-28-21)19-10-23-24(31-14-30-23)11-20(19)27-12-15-4-2-1-3-5-15/h1-11H,12-14H2. The van der Waals surface area contributed by atoms with Gasteiger partial charge in [-0.2, -0.15) is 0 Å². The second-order valence-corrected chi connectivity index (χ2v) is 8.41. The number of hydrogen-bond donors (Lipinski definition) is 0. The molecule has 4 aromatic rings. The summed E-state index contributed by atoms with van der Waals surface area (Å²) in [5.41, 5.74) is 3.13. The van der Waals surface area contributed by atoms with Crippen molar-refractivity contribution in [3.63, 3.8) is 0 Å². The molecular weight excluding hydrogens is 507 g/mol. The van der Waals surface area contributed by atoms with Crippen molar-refractivity contribution in [3.8, 4) is 39.9 Å². The first-order valence-electron chi connectivity index (χ1n) is 9.89. The Morgan fingerprint density at radius 3 is 2.16 bits per heavy atom. The van der Waals surface area contributed by atoms with Crippen LogP contribution in [0.4, 0.5) is 0 Å².